The van der Waals surface area contributed by atoms with Crippen LogP contribution in [0, 0.1) is 0 Å². The number of rotatable bonds is 3. The molecule has 4 rings (SSSR count). The van der Waals surface area contributed by atoms with Crippen molar-refractivity contribution >= 4 is 12.5 Å². The summed E-state index contributed by atoms with van der Waals surface area (Å²) in [6.45, 7) is 3.28. The molecule has 1 aromatic carbocycles. The molecule has 0 unspecified atom stereocenters. The number of methoxy groups -OCH3 is 1. The molecule has 0 amide bonds. The molecule has 3 aliphatic rings. The first-order valence-electron chi connectivity index (χ1n) is 9.80. The second kappa shape index (κ2) is 9.58. The molecule has 3 N–H and O–H groups in total. The number of fused-ring (bicyclic) bond motifs is 1. The molecular weight excluding hydrogens is 378 g/mol. The fourth-order valence-corrected chi connectivity index (χ4v) is 4.18. The molecule has 3 aliphatic heterocycles. The van der Waals surface area contributed by atoms with Gasteiger partial charge in [-0.05, 0) is 30.6 Å². The number of hydrogen-bond acceptors (Lipinski definition) is 7. The Labute approximate surface area is 170 Å². The van der Waals surface area contributed by atoms with Crippen LogP contribution in [0.5, 0.6) is 11.5 Å². The van der Waals surface area contributed by atoms with Gasteiger partial charge in [-0.1, -0.05) is 12.1 Å². The number of nitrogens with zero attached hydrogens (tertiary/aromatic N) is 1. The van der Waals surface area contributed by atoms with E-state index in [0.717, 1.165) is 49.5 Å². The van der Waals surface area contributed by atoms with Crippen molar-refractivity contribution in [2.75, 3.05) is 40.0 Å². The first-order chi connectivity index (χ1) is 14.0. The van der Waals surface area contributed by atoms with Crippen molar-refractivity contribution in [3.8, 4) is 11.5 Å². The monoisotopic (exact) mass is 407 g/mol. The number of para-hydroxylation sites is 1. The molecule has 2 fully saturated rings. The Morgan fingerprint density at radius 2 is 2.00 bits per heavy atom. The number of aliphatic hydroxyl groups excluding tert-OH is 2. The number of aliphatic hydroxyl groups is 2. The van der Waals surface area contributed by atoms with E-state index in [1.165, 1.54) is 5.57 Å². The maximum absolute atomic E-state index is 9.98. The van der Waals surface area contributed by atoms with Crippen molar-refractivity contribution in [1.82, 2.24) is 4.90 Å². The molecule has 1 spiro atoms. The normalized spacial score (nSPS) is 25.7. The highest BCUT2D eigenvalue weighted by molar-refractivity contribution is 5.66. The van der Waals surface area contributed by atoms with Gasteiger partial charge >= 0.3 is 0 Å². The number of piperidine rings is 1. The summed E-state index contributed by atoms with van der Waals surface area (Å²) in [6, 6.07) is 5.94. The predicted molar refractivity (Wildman–Crippen MR) is 106 cm³/mol. The van der Waals surface area contributed by atoms with Gasteiger partial charge in [0.25, 0.3) is 6.47 Å². The van der Waals surface area contributed by atoms with Crippen molar-refractivity contribution < 1.29 is 34.3 Å². The number of ether oxygens (including phenoxy) is 3. The molecule has 0 radical (unpaired) electrons. The van der Waals surface area contributed by atoms with Crippen LogP contribution < -0.4 is 9.47 Å². The van der Waals surface area contributed by atoms with E-state index in [9.17, 15) is 10.2 Å². The van der Waals surface area contributed by atoms with E-state index in [0.29, 0.717) is 13.0 Å². The van der Waals surface area contributed by atoms with Crippen molar-refractivity contribution in [3.05, 3.63) is 29.3 Å². The van der Waals surface area contributed by atoms with E-state index >= 15 is 0 Å². The molecule has 0 bridgehead atoms. The topological polar surface area (TPSA) is 109 Å². The summed E-state index contributed by atoms with van der Waals surface area (Å²) in [6.07, 6.45) is 3.07. The summed E-state index contributed by atoms with van der Waals surface area (Å²) in [5.74, 6) is 1.59. The third-order valence-corrected chi connectivity index (χ3v) is 5.77. The number of carboxylic acid groups (broad SMARTS) is 1. The lowest BCUT2D eigenvalue weighted by molar-refractivity contribution is -0.187. The maximum atomic E-state index is 9.98. The van der Waals surface area contributed by atoms with E-state index in [4.69, 9.17) is 24.1 Å². The third-order valence-electron chi connectivity index (χ3n) is 5.77. The largest absolute Gasteiger partial charge is 0.493 e. The van der Waals surface area contributed by atoms with Gasteiger partial charge in [0.05, 0.1) is 25.4 Å². The summed E-state index contributed by atoms with van der Waals surface area (Å²) in [7, 11) is 1.66. The fourth-order valence-electron chi connectivity index (χ4n) is 4.18. The van der Waals surface area contributed by atoms with Gasteiger partial charge in [-0.2, -0.15) is 0 Å². The zero-order valence-corrected chi connectivity index (χ0v) is 16.6. The van der Waals surface area contributed by atoms with Gasteiger partial charge in [-0.3, -0.25) is 9.69 Å². The number of benzene rings is 1. The number of hydrogen-bond donors (Lipinski definition) is 3. The second-order valence-corrected chi connectivity index (χ2v) is 7.68. The van der Waals surface area contributed by atoms with Crippen LogP contribution in [0.15, 0.2) is 23.8 Å². The fraction of sp³-hybridized carbons (Fsp3) is 0.571. The van der Waals surface area contributed by atoms with Crippen LogP contribution >= 0.6 is 0 Å². The highest BCUT2D eigenvalue weighted by atomic mass is 16.5. The highest BCUT2D eigenvalue weighted by Crippen LogP contribution is 2.37. The van der Waals surface area contributed by atoms with E-state index in [1.54, 1.807) is 7.11 Å². The lowest BCUT2D eigenvalue weighted by Crippen LogP contribution is -2.54. The molecule has 1 aromatic rings. The Hall–Kier alpha value is -2.13. The minimum atomic E-state index is -0.750. The Kier molecular flexibility index (Phi) is 7.13. The summed E-state index contributed by atoms with van der Waals surface area (Å²) in [4.78, 5) is 10.8. The Bertz CT molecular complexity index is 728. The number of carbonyl (C=O) groups is 1. The van der Waals surface area contributed by atoms with Crippen molar-refractivity contribution in [1.29, 1.82) is 0 Å². The molecule has 2 saturated heterocycles. The van der Waals surface area contributed by atoms with Gasteiger partial charge in [0, 0.05) is 31.6 Å². The van der Waals surface area contributed by atoms with Crippen molar-refractivity contribution in [3.63, 3.8) is 0 Å². The average molecular weight is 407 g/mol. The Balaban J connectivity index is 0.000000755. The summed E-state index contributed by atoms with van der Waals surface area (Å²) >= 11 is 0. The van der Waals surface area contributed by atoms with Gasteiger partial charge in [0.1, 0.15) is 12.7 Å². The van der Waals surface area contributed by atoms with E-state index in [1.807, 2.05) is 18.2 Å². The van der Waals surface area contributed by atoms with Crippen LogP contribution in [0.1, 0.15) is 24.8 Å². The van der Waals surface area contributed by atoms with E-state index < -0.39 is 12.2 Å². The van der Waals surface area contributed by atoms with Crippen molar-refractivity contribution in [2.45, 2.75) is 37.1 Å². The maximum Gasteiger partial charge on any atom is 0.290 e. The van der Waals surface area contributed by atoms with Crippen LogP contribution in [-0.4, -0.2) is 84.5 Å². The minimum Gasteiger partial charge on any atom is -0.493 e. The average Bonchev–Trinajstić information content (AvgIpc) is 2.73. The van der Waals surface area contributed by atoms with Crippen LogP contribution in [0.2, 0.25) is 0 Å². The van der Waals surface area contributed by atoms with Crippen LogP contribution in [0.4, 0.5) is 0 Å². The lowest BCUT2D eigenvalue weighted by atomic mass is 9.82. The molecule has 0 aromatic heterocycles. The molecule has 0 saturated carbocycles. The van der Waals surface area contributed by atoms with Crippen LogP contribution in [-0.2, 0) is 9.53 Å². The number of likely N-dealkylation sites (tertiary alicyclic amines) is 1. The van der Waals surface area contributed by atoms with Gasteiger partial charge in [0.2, 0.25) is 0 Å². The minimum absolute atomic E-state index is 0.235. The molecule has 0 aliphatic carbocycles. The van der Waals surface area contributed by atoms with Gasteiger partial charge in [-0.15, -0.1) is 0 Å². The van der Waals surface area contributed by atoms with Gasteiger partial charge in [-0.25, -0.2) is 0 Å². The molecule has 2 atom stereocenters. The quantitative estimate of drug-likeness (QED) is 0.641. The predicted octanol–water partition coefficient (Wildman–Crippen LogP) is 1.15. The SMILES string of the molecule is COc1cccc2c1OCC(CN1CCC3(CC1)C[C@@H](O)[C@@H](O)CO3)=C2.O=CO. The molecule has 29 heavy (non-hydrogen) atoms. The second-order valence-electron chi connectivity index (χ2n) is 7.68. The summed E-state index contributed by atoms with van der Waals surface area (Å²) < 4.78 is 17.2. The smallest absolute Gasteiger partial charge is 0.290 e. The van der Waals surface area contributed by atoms with E-state index in [2.05, 4.69) is 11.0 Å². The molecule has 160 valence electrons. The lowest BCUT2D eigenvalue weighted by Gasteiger charge is -2.46. The summed E-state index contributed by atoms with van der Waals surface area (Å²) in [5.41, 5.74) is 2.04. The standard InChI is InChI=1S/C20H27NO5.CH2O2/c1-24-18-4-2-3-15-9-14(12-25-19(15)18)11-21-7-5-20(6-8-21)10-16(22)17(23)13-26-20;2-1-3/h2-4,9,16-17,22-23H,5-8,10-13H2,1H3;1H,(H,2,3)/t16-,17+;/m1./s1. The van der Waals surface area contributed by atoms with E-state index in [-0.39, 0.29) is 18.7 Å². The molecule has 8 heteroatoms. The van der Waals surface area contributed by atoms with Gasteiger partial charge in [0.15, 0.2) is 11.5 Å². The van der Waals surface area contributed by atoms with Crippen LogP contribution in [0.25, 0.3) is 6.08 Å². The highest BCUT2D eigenvalue weighted by Gasteiger charge is 2.42. The zero-order valence-electron chi connectivity index (χ0n) is 16.6. The molecule has 8 nitrogen and oxygen atoms in total. The summed E-state index contributed by atoms with van der Waals surface area (Å²) in [5, 5.41) is 26.5. The first-order valence-corrected chi connectivity index (χ1v) is 9.80. The third kappa shape index (κ3) is 5.08. The van der Waals surface area contributed by atoms with Crippen LogP contribution in [0.3, 0.4) is 0 Å². The van der Waals surface area contributed by atoms with Crippen molar-refractivity contribution in [2.24, 2.45) is 0 Å². The molecular formula is C21H29NO7. The molecule has 3 heterocycles. The Morgan fingerprint density at radius 3 is 2.66 bits per heavy atom. The Morgan fingerprint density at radius 1 is 1.28 bits per heavy atom. The zero-order chi connectivity index (χ0) is 20.9. The first kappa shape index (κ1) is 21.6. The van der Waals surface area contributed by atoms with Gasteiger partial charge < -0.3 is 29.5 Å².